The van der Waals surface area contributed by atoms with Crippen LogP contribution in [0.4, 0.5) is 24.5 Å². The lowest BCUT2D eigenvalue weighted by Gasteiger charge is -2.15. The molecule has 4 aromatic rings. The molecule has 4 rings (SSSR count). The quantitative estimate of drug-likeness (QED) is 0.282. The molecule has 1 aromatic carbocycles. The van der Waals surface area contributed by atoms with Gasteiger partial charge in [0.15, 0.2) is 11.5 Å². The van der Waals surface area contributed by atoms with Gasteiger partial charge in [-0.1, -0.05) is 17.7 Å². The Morgan fingerprint density at radius 1 is 1.15 bits per heavy atom. The second-order valence-corrected chi connectivity index (χ2v) is 7.48. The minimum Gasteiger partial charge on any atom is -0.398 e. The third kappa shape index (κ3) is 4.35. The summed E-state index contributed by atoms with van der Waals surface area (Å²) >= 11 is 6.82. The highest BCUT2D eigenvalue weighted by Gasteiger charge is 2.41. The van der Waals surface area contributed by atoms with E-state index in [0.717, 1.165) is 11.0 Å². The fraction of sp³-hybridized carbons (Fsp3) is 0.0556. The summed E-state index contributed by atoms with van der Waals surface area (Å²) in [5, 5.41) is 19.6. The molecule has 1 amide bonds. The molecule has 0 aliphatic rings. The summed E-state index contributed by atoms with van der Waals surface area (Å²) in [6.07, 6.45) is -0.0711. The van der Waals surface area contributed by atoms with Crippen molar-refractivity contribution in [2.24, 2.45) is 5.14 Å². The molecule has 0 saturated heterocycles. The first kappa shape index (κ1) is 22.6. The van der Waals surface area contributed by atoms with Crippen LogP contribution >= 0.6 is 23.5 Å². The standard InChI is InChI=1S/C18H13ClF3N9OS/c19-11-6-9(7-25-16(11)31-26-4-5-27-31)29-17(32)10-8-28-30(15(10)18(20,21)22)13-3-1-2-12(23)14(13)33-24/h1-8H,23-24H2,(H,29,32). The predicted molar refractivity (Wildman–Crippen MR) is 115 cm³/mol. The van der Waals surface area contributed by atoms with E-state index in [1.807, 2.05) is 0 Å². The number of halogens is 4. The molecule has 10 nitrogen and oxygen atoms in total. The van der Waals surface area contributed by atoms with Crippen LogP contribution in [0, 0.1) is 0 Å². The highest BCUT2D eigenvalue weighted by atomic mass is 35.5. The molecule has 0 saturated carbocycles. The number of hydrogen-bond acceptors (Lipinski definition) is 8. The van der Waals surface area contributed by atoms with Crippen LogP contribution in [0.3, 0.4) is 0 Å². The van der Waals surface area contributed by atoms with Crippen LogP contribution in [0.1, 0.15) is 16.1 Å². The van der Waals surface area contributed by atoms with E-state index in [-0.39, 0.29) is 32.8 Å². The van der Waals surface area contributed by atoms with Crippen LogP contribution in [-0.4, -0.2) is 35.7 Å². The maximum absolute atomic E-state index is 14.0. The molecule has 0 fully saturated rings. The van der Waals surface area contributed by atoms with E-state index in [0.29, 0.717) is 16.6 Å². The van der Waals surface area contributed by atoms with Crippen molar-refractivity contribution >= 4 is 40.8 Å². The molecular formula is C18H13ClF3N9OS. The molecule has 15 heteroatoms. The summed E-state index contributed by atoms with van der Waals surface area (Å²) in [5.41, 5.74) is 4.03. The average Bonchev–Trinajstić information content (AvgIpc) is 3.43. The lowest BCUT2D eigenvalue weighted by molar-refractivity contribution is -0.143. The predicted octanol–water partition coefficient (Wildman–Crippen LogP) is 3.32. The Bertz CT molecular complexity index is 1320. The Labute approximate surface area is 192 Å². The number of nitrogens with zero attached hydrogens (tertiary/aromatic N) is 6. The van der Waals surface area contributed by atoms with E-state index in [2.05, 4.69) is 25.6 Å². The highest BCUT2D eigenvalue weighted by Crippen LogP contribution is 2.37. The van der Waals surface area contributed by atoms with Crippen molar-refractivity contribution in [2.45, 2.75) is 11.1 Å². The second-order valence-electron chi connectivity index (χ2n) is 6.43. The monoisotopic (exact) mass is 495 g/mol. The number of aromatic nitrogens is 6. The van der Waals surface area contributed by atoms with Crippen molar-refractivity contribution in [3.63, 3.8) is 0 Å². The van der Waals surface area contributed by atoms with Crippen LogP contribution in [-0.2, 0) is 6.18 Å². The van der Waals surface area contributed by atoms with Crippen LogP contribution < -0.4 is 16.2 Å². The molecule has 0 radical (unpaired) electrons. The fourth-order valence-electron chi connectivity index (χ4n) is 2.98. The Hall–Kier alpha value is -3.62. The maximum Gasteiger partial charge on any atom is 0.434 e. The largest absolute Gasteiger partial charge is 0.434 e. The molecule has 170 valence electrons. The first-order valence-electron chi connectivity index (χ1n) is 8.95. The van der Waals surface area contributed by atoms with Gasteiger partial charge >= 0.3 is 6.18 Å². The number of carbonyl (C=O) groups is 1. The number of rotatable bonds is 5. The number of nitrogen functional groups attached to an aromatic ring is 1. The van der Waals surface area contributed by atoms with Crippen LogP contribution in [0.25, 0.3) is 11.5 Å². The van der Waals surface area contributed by atoms with Crippen LogP contribution in [0.15, 0.2) is 53.9 Å². The molecule has 0 spiro atoms. The van der Waals surface area contributed by atoms with Gasteiger partial charge in [-0.2, -0.15) is 28.5 Å². The number of nitrogens with two attached hydrogens (primary N) is 2. The second kappa shape index (κ2) is 8.73. The normalized spacial score (nSPS) is 11.5. The van der Waals surface area contributed by atoms with E-state index in [1.165, 1.54) is 42.9 Å². The maximum atomic E-state index is 14.0. The van der Waals surface area contributed by atoms with E-state index in [9.17, 15) is 18.0 Å². The van der Waals surface area contributed by atoms with Gasteiger partial charge < -0.3 is 11.1 Å². The smallest absolute Gasteiger partial charge is 0.398 e. The number of alkyl halides is 3. The lowest BCUT2D eigenvalue weighted by atomic mass is 10.2. The average molecular weight is 496 g/mol. The Morgan fingerprint density at radius 3 is 2.52 bits per heavy atom. The Kier molecular flexibility index (Phi) is 5.97. The van der Waals surface area contributed by atoms with Gasteiger partial charge in [0.05, 0.1) is 51.6 Å². The van der Waals surface area contributed by atoms with Gasteiger partial charge in [0.2, 0.25) is 0 Å². The summed E-state index contributed by atoms with van der Waals surface area (Å²) in [5.74, 6) is -0.890. The molecule has 0 aliphatic heterocycles. The number of amides is 1. The van der Waals surface area contributed by atoms with Crippen molar-refractivity contribution in [1.29, 1.82) is 0 Å². The van der Waals surface area contributed by atoms with Gasteiger partial charge in [-0.05, 0) is 30.1 Å². The third-order valence-corrected chi connectivity index (χ3v) is 5.30. The van der Waals surface area contributed by atoms with E-state index in [1.54, 1.807) is 0 Å². The van der Waals surface area contributed by atoms with Gasteiger partial charge in [0.1, 0.15) is 0 Å². The minimum absolute atomic E-state index is 0.0188. The summed E-state index contributed by atoms with van der Waals surface area (Å²) in [6, 6.07) is 5.61. The van der Waals surface area contributed by atoms with Gasteiger partial charge in [0.25, 0.3) is 5.91 Å². The molecule has 0 unspecified atom stereocenters. The first-order chi connectivity index (χ1) is 15.7. The highest BCUT2D eigenvalue weighted by molar-refractivity contribution is 7.97. The Morgan fingerprint density at radius 2 is 1.88 bits per heavy atom. The Balaban J connectivity index is 1.71. The topological polar surface area (TPSA) is 143 Å². The molecule has 5 N–H and O–H groups in total. The number of hydrogen-bond donors (Lipinski definition) is 3. The van der Waals surface area contributed by atoms with E-state index < -0.39 is 23.3 Å². The van der Waals surface area contributed by atoms with Crippen LogP contribution in [0.5, 0.6) is 0 Å². The zero-order valence-electron chi connectivity index (χ0n) is 16.3. The number of nitrogens with one attached hydrogen (secondary N) is 1. The van der Waals surface area contributed by atoms with Crippen molar-refractivity contribution < 1.29 is 18.0 Å². The number of benzene rings is 1. The third-order valence-electron chi connectivity index (χ3n) is 4.34. The molecule has 33 heavy (non-hydrogen) atoms. The molecule has 3 aromatic heterocycles. The molecular weight excluding hydrogens is 483 g/mol. The molecule has 0 atom stereocenters. The summed E-state index contributed by atoms with van der Waals surface area (Å²) in [6.45, 7) is 0. The van der Waals surface area contributed by atoms with Crippen molar-refractivity contribution in [3.05, 3.63) is 65.3 Å². The van der Waals surface area contributed by atoms with Gasteiger partial charge in [-0.3, -0.25) is 9.93 Å². The van der Waals surface area contributed by atoms with Gasteiger partial charge in [-0.15, -0.1) is 4.80 Å². The van der Waals surface area contributed by atoms with Crippen molar-refractivity contribution in [1.82, 2.24) is 29.8 Å². The van der Waals surface area contributed by atoms with Crippen molar-refractivity contribution in [3.8, 4) is 11.5 Å². The number of carbonyl (C=O) groups excluding carboxylic acids is 1. The molecule has 0 bridgehead atoms. The van der Waals surface area contributed by atoms with E-state index in [4.69, 9.17) is 22.5 Å². The number of anilines is 2. The minimum atomic E-state index is -4.92. The molecule has 3 heterocycles. The lowest BCUT2D eigenvalue weighted by Crippen LogP contribution is -2.21. The zero-order valence-corrected chi connectivity index (χ0v) is 17.9. The first-order valence-corrected chi connectivity index (χ1v) is 10.2. The summed E-state index contributed by atoms with van der Waals surface area (Å²) in [7, 11) is 0. The SMILES string of the molecule is NSc1c(N)cccc1-n1ncc(C(=O)Nc2cnc(-n3nccn3)c(Cl)c2)c1C(F)(F)F. The zero-order chi connectivity index (χ0) is 23.8. The van der Waals surface area contributed by atoms with Gasteiger partial charge in [-0.25, -0.2) is 9.67 Å². The number of pyridine rings is 1. The van der Waals surface area contributed by atoms with Crippen molar-refractivity contribution in [2.75, 3.05) is 11.1 Å². The van der Waals surface area contributed by atoms with Crippen LogP contribution in [0.2, 0.25) is 5.02 Å². The van der Waals surface area contributed by atoms with Gasteiger partial charge in [0, 0.05) is 5.69 Å². The van der Waals surface area contributed by atoms with E-state index >= 15 is 0 Å². The summed E-state index contributed by atoms with van der Waals surface area (Å²) < 4.78 is 42.5. The summed E-state index contributed by atoms with van der Waals surface area (Å²) in [4.78, 5) is 18.1. The molecule has 0 aliphatic carbocycles. The fourth-order valence-corrected chi connectivity index (χ4v) is 3.70.